The molecule has 0 unspecified atom stereocenters. The third kappa shape index (κ3) is 6.37. The van der Waals surface area contributed by atoms with Crippen LogP contribution in [0, 0.1) is 5.92 Å². The van der Waals surface area contributed by atoms with Crippen LogP contribution in [0.2, 0.25) is 0 Å². The molecule has 1 atom stereocenters. The van der Waals surface area contributed by atoms with Gasteiger partial charge in [0.05, 0.1) is 10.9 Å². The molecule has 0 saturated heterocycles. The number of carbonyl (C=O) groups is 3. The summed E-state index contributed by atoms with van der Waals surface area (Å²) in [6, 6.07) is 11.2. The van der Waals surface area contributed by atoms with Gasteiger partial charge in [-0.1, -0.05) is 6.07 Å². The minimum absolute atomic E-state index is 0.0361. The molecule has 1 saturated carbocycles. The smallest absolute Gasteiger partial charge is 0.242 e. The quantitative estimate of drug-likeness (QED) is 0.496. The van der Waals surface area contributed by atoms with Gasteiger partial charge in [-0.25, -0.2) is 8.42 Å². The zero-order valence-corrected chi connectivity index (χ0v) is 18.0. The van der Waals surface area contributed by atoms with E-state index in [2.05, 4.69) is 20.7 Å². The Balaban J connectivity index is 1.60. The maximum atomic E-state index is 12.6. The Labute approximate surface area is 180 Å². The maximum Gasteiger partial charge on any atom is 0.242 e. The number of carbonyl (C=O) groups excluding carboxylic acids is 3. The zero-order valence-electron chi connectivity index (χ0n) is 17.1. The lowest BCUT2D eigenvalue weighted by molar-refractivity contribution is -0.118. The van der Waals surface area contributed by atoms with E-state index in [4.69, 9.17) is 0 Å². The molecule has 0 radical (unpaired) electrons. The number of nitrogens with one attached hydrogen (secondary N) is 4. The van der Waals surface area contributed by atoms with Crippen LogP contribution in [0.1, 0.15) is 26.7 Å². The first-order valence-corrected chi connectivity index (χ1v) is 11.2. The normalized spacial score (nSPS) is 14.4. The largest absolute Gasteiger partial charge is 0.326 e. The third-order valence-corrected chi connectivity index (χ3v) is 6.11. The molecular weight excluding hydrogens is 420 g/mol. The van der Waals surface area contributed by atoms with Gasteiger partial charge in [-0.3, -0.25) is 14.4 Å². The lowest BCUT2D eigenvalue weighted by Gasteiger charge is -2.15. The van der Waals surface area contributed by atoms with Crippen molar-refractivity contribution in [2.45, 2.75) is 37.6 Å². The van der Waals surface area contributed by atoms with E-state index in [0.29, 0.717) is 17.1 Å². The number of sulfonamides is 1. The van der Waals surface area contributed by atoms with E-state index < -0.39 is 22.0 Å². The summed E-state index contributed by atoms with van der Waals surface area (Å²) in [5.41, 5.74) is 1.46. The monoisotopic (exact) mass is 444 g/mol. The summed E-state index contributed by atoms with van der Waals surface area (Å²) in [4.78, 5) is 35.4. The van der Waals surface area contributed by atoms with Crippen molar-refractivity contribution in [3.05, 3.63) is 48.5 Å². The van der Waals surface area contributed by atoms with Crippen LogP contribution in [-0.4, -0.2) is 32.2 Å². The second kappa shape index (κ2) is 9.27. The van der Waals surface area contributed by atoms with E-state index in [-0.39, 0.29) is 22.6 Å². The molecule has 0 aromatic heterocycles. The average Bonchev–Trinajstić information content (AvgIpc) is 3.53. The first kappa shape index (κ1) is 22.4. The van der Waals surface area contributed by atoms with Gasteiger partial charge in [0.25, 0.3) is 0 Å². The Morgan fingerprint density at radius 1 is 0.903 bits per heavy atom. The van der Waals surface area contributed by atoms with E-state index in [1.165, 1.54) is 38.1 Å². The summed E-state index contributed by atoms with van der Waals surface area (Å²) in [5.74, 6) is -0.812. The fourth-order valence-corrected chi connectivity index (χ4v) is 3.99. The third-order valence-electron chi connectivity index (χ3n) is 4.56. The minimum atomic E-state index is -3.95. The first-order chi connectivity index (χ1) is 14.6. The van der Waals surface area contributed by atoms with E-state index in [1.54, 1.807) is 24.3 Å². The minimum Gasteiger partial charge on any atom is -0.326 e. The molecule has 0 spiro atoms. The molecule has 10 heteroatoms. The SMILES string of the molecule is CC(=O)Nc1ccc(S(=O)(=O)N[C@@H](C)C(=O)Nc2cccc(NC(=O)C3CC3)c2)cc1. The Kier molecular flexibility index (Phi) is 6.71. The zero-order chi connectivity index (χ0) is 22.6. The summed E-state index contributed by atoms with van der Waals surface area (Å²) in [7, 11) is -3.95. The molecular formula is C21H24N4O5S. The van der Waals surface area contributed by atoms with Crippen molar-refractivity contribution in [2.75, 3.05) is 16.0 Å². The summed E-state index contributed by atoms with van der Waals surface area (Å²) in [6.45, 7) is 2.78. The molecule has 9 nitrogen and oxygen atoms in total. The molecule has 2 aromatic carbocycles. The van der Waals surface area contributed by atoms with Crippen molar-refractivity contribution in [2.24, 2.45) is 5.92 Å². The van der Waals surface area contributed by atoms with Crippen LogP contribution in [0.25, 0.3) is 0 Å². The van der Waals surface area contributed by atoms with E-state index >= 15 is 0 Å². The Morgan fingerprint density at radius 3 is 2.10 bits per heavy atom. The number of anilines is 3. The van der Waals surface area contributed by atoms with Gasteiger partial charge in [0.1, 0.15) is 0 Å². The molecule has 2 aromatic rings. The number of hydrogen-bond acceptors (Lipinski definition) is 5. The highest BCUT2D eigenvalue weighted by atomic mass is 32.2. The van der Waals surface area contributed by atoms with Crippen molar-refractivity contribution >= 4 is 44.8 Å². The molecule has 0 heterocycles. The lowest BCUT2D eigenvalue weighted by Crippen LogP contribution is -2.41. The molecule has 0 aliphatic heterocycles. The summed E-state index contributed by atoms with van der Waals surface area (Å²) < 4.78 is 27.4. The van der Waals surface area contributed by atoms with Crippen molar-refractivity contribution in [1.29, 1.82) is 0 Å². The van der Waals surface area contributed by atoms with Gasteiger partial charge in [0.15, 0.2) is 0 Å². The van der Waals surface area contributed by atoms with E-state index in [1.807, 2.05) is 0 Å². The second-order valence-electron chi connectivity index (χ2n) is 7.38. The number of amides is 3. The van der Waals surface area contributed by atoms with Crippen LogP contribution >= 0.6 is 0 Å². The number of hydrogen-bond donors (Lipinski definition) is 4. The molecule has 0 bridgehead atoms. The molecule has 1 aliphatic carbocycles. The molecule has 1 aliphatic rings. The van der Waals surface area contributed by atoms with Crippen LogP contribution in [0.4, 0.5) is 17.1 Å². The number of benzene rings is 2. The van der Waals surface area contributed by atoms with Gasteiger partial charge in [-0.15, -0.1) is 0 Å². The van der Waals surface area contributed by atoms with Gasteiger partial charge < -0.3 is 16.0 Å². The number of rotatable bonds is 8. The predicted molar refractivity (Wildman–Crippen MR) is 117 cm³/mol. The first-order valence-electron chi connectivity index (χ1n) is 9.76. The molecule has 3 rings (SSSR count). The van der Waals surface area contributed by atoms with Gasteiger partial charge in [0, 0.05) is 29.9 Å². The van der Waals surface area contributed by atoms with Gasteiger partial charge in [-0.05, 0) is 62.2 Å². The van der Waals surface area contributed by atoms with Crippen LogP contribution < -0.4 is 20.7 Å². The lowest BCUT2D eigenvalue weighted by atomic mass is 10.2. The van der Waals surface area contributed by atoms with Gasteiger partial charge in [-0.2, -0.15) is 4.72 Å². The van der Waals surface area contributed by atoms with Gasteiger partial charge >= 0.3 is 0 Å². The topological polar surface area (TPSA) is 133 Å². The molecule has 3 amide bonds. The second-order valence-corrected chi connectivity index (χ2v) is 9.10. The average molecular weight is 445 g/mol. The molecule has 1 fully saturated rings. The highest BCUT2D eigenvalue weighted by Crippen LogP contribution is 2.30. The van der Waals surface area contributed by atoms with Crippen molar-refractivity contribution < 1.29 is 22.8 Å². The highest BCUT2D eigenvalue weighted by Gasteiger charge is 2.29. The van der Waals surface area contributed by atoms with Crippen LogP contribution in [-0.2, 0) is 24.4 Å². The molecule has 164 valence electrons. The van der Waals surface area contributed by atoms with Crippen LogP contribution in [0.5, 0.6) is 0 Å². The standard InChI is InChI=1S/C21H24N4O5S/c1-13(25-31(29,30)19-10-8-16(9-11-19)22-14(2)26)20(27)23-17-4-3-5-18(12-17)24-21(28)15-6-7-15/h3-5,8-13,15,25H,6-7H2,1-2H3,(H,22,26)(H,23,27)(H,24,28)/t13-/m0/s1. The summed E-state index contributed by atoms with van der Waals surface area (Å²) in [6.07, 6.45) is 1.77. The fraction of sp³-hybridized carbons (Fsp3) is 0.286. The Bertz CT molecular complexity index is 1100. The predicted octanol–water partition coefficient (Wildman–Crippen LogP) is 2.30. The van der Waals surface area contributed by atoms with Crippen LogP contribution in [0.3, 0.4) is 0 Å². The molecule has 31 heavy (non-hydrogen) atoms. The fourth-order valence-electron chi connectivity index (χ4n) is 2.79. The summed E-state index contributed by atoms with van der Waals surface area (Å²) in [5, 5.41) is 7.99. The highest BCUT2D eigenvalue weighted by molar-refractivity contribution is 7.89. The van der Waals surface area contributed by atoms with Crippen molar-refractivity contribution in [3.63, 3.8) is 0 Å². The maximum absolute atomic E-state index is 12.6. The van der Waals surface area contributed by atoms with E-state index in [0.717, 1.165) is 12.8 Å². The van der Waals surface area contributed by atoms with Crippen LogP contribution in [0.15, 0.2) is 53.4 Å². The van der Waals surface area contributed by atoms with Gasteiger partial charge in [0.2, 0.25) is 27.7 Å². The van der Waals surface area contributed by atoms with Crippen molar-refractivity contribution in [1.82, 2.24) is 4.72 Å². The Morgan fingerprint density at radius 2 is 1.52 bits per heavy atom. The molecule has 4 N–H and O–H groups in total. The summed E-state index contributed by atoms with van der Waals surface area (Å²) >= 11 is 0. The van der Waals surface area contributed by atoms with Crippen molar-refractivity contribution in [3.8, 4) is 0 Å². The Hall–Kier alpha value is -3.24. The van der Waals surface area contributed by atoms with E-state index in [9.17, 15) is 22.8 Å².